The van der Waals surface area contributed by atoms with Gasteiger partial charge in [-0.1, -0.05) is 109 Å². The average Bonchev–Trinajstić information content (AvgIpc) is 3.71. The molecule has 0 radical (unpaired) electrons. The second-order valence-electron chi connectivity index (χ2n) is 11.9. The van der Waals surface area contributed by atoms with Crippen LogP contribution in [-0.4, -0.2) is 24.5 Å². The van der Waals surface area contributed by atoms with E-state index in [1.165, 1.54) is 0 Å². The Labute approximate surface area is 274 Å². The van der Waals surface area contributed by atoms with Gasteiger partial charge in [0.05, 0.1) is 16.6 Å². The SMILES string of the molecule is c1ccc(-c2nc(-c3ccccc3)nc(-c3cccnc3-n3c4ccccc4c4c5c(ccc6c7ccccc7oc65)ccc43)n2)cc1. The van der Waals surface area contributed by atoms with Crippen molar-refractivity contribution < 1.29 is 4.42 Å². The zero-order valence-corrected chi connectivity index (χ0v) is 25.6. The molecule has 10 rings (SSSR count). The maximum atomic E-state index is 6.59. The maximum absolute atomic E-state index is 6.59. The van der Waals surface area contributed by atoms with E-state index in [4.69, 9.17) is 24.4 Å². The van der Waals surface area contributed by atoms with Crippen molar-refractivity contribution >= 4 is 54.5 Å². The maximum Gasteiger partial charge on any atom is 0.167 e. The van der Waals surface area contributed by atoms with Crippen LogP contribution in [0.2, 0.25) is 0 Å². The van der Waals surface area contributed by atoms with Crippen molar-refractivity contribution in [2.75, 3.05) is 0 Å². The third-order valence-corrected chi connectivity index (χ3v) is 9.10. The number of pyridine rings is 1. The summed E-state index contributed by atoms with van der Waals surface area (Å²) in [5.74, 6) is 2.51. The quantitative estimate of drug-likeness (QED) is 0.197. The van der Waals surface area contributed by atoms with Crippen LogP contribution in [0.1, 0.15) is 0 Å². The van der Waals surface area contributed by atoms with E-state index in [1.54, 1.807) is 0 Å². The highest BCUT2D eigenvalue weighted by Crippen LogP contribution is 2.43. The molecule has 224 valence electrons. The van der Waals surface area contributed by atoms with Crippen LogP contribution in [0.3, 0.4) is 0 Å². The molecule has 6 aromatic carbocycles. The van der Waals surface area contributed by atoms with Crippen molar-refractivity contribution in [2.45, 2.75) is 0 Å². The molecule has 4 heterocycles. The smallest absolute Gasteiger partial charge is 0.167 e. The predicted octanol–water partition coefficient (Wildman–Crippen LogP) is 10.4. The number of aromatic nitrogens is 5. The molecule has 0 N–H and O–H groups in total. The summed E-state index contributed by atoms with van der Waals surface area (Å²) in [6.07, 6.45) is 1.83. The van der Waals surface area contributed by atoms with E-state index in [0.29, 0.717) is 17.5 Å². The molecule has 0 spiro atoms. The molecule has 0 fully saturated rings. The van der Waals surface area contributed by atoms with Gasteiger partial charge >= 0.3 is 0 Å². The molecule has 0 saturated heterocycles. The van der Waals surface area contributed by atoms with Gasteiger partial charge in [-0.25, -0.2) is 19.9 Å². The van der Waals surface area contributed by atoms with Crippen LogP contribution >= 0.6 is 0 Å². The number of furan rings is 1. The van der Waals surface area contributed by atoms with Gasteiger partial charge in [0, 0.05) is 44.3 Å². The number of benzene rings is 6. The molecule has 6 heteroatoms. The van der Waals surface area contributed by atoms with E-state index >= 15 is 0 Å². The van der Waals surface area contributed by atoms with Gasteiger partial charge in [0.25, 0.3) is 0 Å². The molecule has 10 aromatic rings. The first-order chi connectivity index (χ1) is 23.8. The molecule has 0 aliphatic rings. The van der Waals surface area contributed by atoms with Gasteiger partial charge in [-0.15, -0.1) is 0 Å². The summed E-state index contributed by atoms with van der Waals surface area (Å²) in [6.45, 7) is 0. The van der Waals surface area contributed by atoms with Crippen LogP contribution in [-0.2, 0) is 0 Å². The summed E-state index contributed by atoms with van der Waals surface area (Å²) in [7, 11) is 0. The topological polar surface area (TPSA) is 69.6 Å². The number of nitrogens with zero attached hydrogens (tertiary/aromatic N) is 5. The van der Waals surface area contributed by atoms with Crippen LogP contribution in [0.5, 0.6) is 0 Å². The first-order valence-corrected chi connectivity index (χ1v) is 15.9. The van der Waals surface area contributed by atoms with E-state index in [-0.39, 0.29) is 0 Å². The standard InChI is InChI=1S/C42H25N5O/c1-3-12-27(13-4-1)39-44-40(28-14-5-2-6-15-28)46-41(45-39)32-18-11-25-43-42(32)47-33-19-9-7-17-31(33)37-34(47)24-22-26-21-23-30-29-16-8-10-20-35(29)48-38(30)36(26)37/h1-25H. The Morgan fingerprint density at radius 3 is 1.88 bits per heavy atom. The molecule has 0 aliphatic heterocycles. The fourth-order valence-electron chi connectivity index (χ4n) is 6.96. The summed E-state index contributed by atoms with van der Waals surface area (Å²) in [6, 6.07) is 49.5. The fraction of sp³-hybridized carbons (Fsp3) is 0. The van der Waals surface area contributed by atoms with Gasteiger partial charge < -0.3 is 4.42 Å². The minimum atomic E-state index is 0.553. The zero-order chi connectivity index (χ0) is 31.6. The molecule has 0 unspecified atom stereocenters. The highest BCUT2D eigenvalue weighted by Gasteiger charge is 2.22. The molecule has 6 nitrogen and oxygen atoms in total. The highest BCUT2D eigenvalue weighted by molar-refractivity contribution is 6.29. The Bertz CT molecular complexity index is 2780. The fourth-order valence-corrected chi connectivity index (χ4v) is 6.96. The van der Waals surface area contributed by atoms with Gasteiger partial charge in [0.1, 0.15) is 17.0 Å². The number of hydrogen-bond donors (Lipinski definition) is 0. The molecular formula is C42H25N5O. The van der Waals surface area contributed by atoms with Crippen molar-refractivity contribution in [2.24, 2.45) is 0 Å². The molecule has 0 atom stereocenters. The largest absolute Gasteiger partial charge is 0.455 e. The second kappa shape index (κ2) is 10.4. The van der Waals surface area contributed by atoms with Gasteiger partial charge in [0.15, 0.2) is 17.5 Å². The Kier molecular flexibility index (Phi) is 5.77. The first kappa shape index (κ1) is 26.5. The van der Waals surface area contributed by atoms with E-state index in [9.17, 15) is 0 Å². The van der Waals surface area contributed by atoms with E-state index in [2.05, 4.69) is 65.2 Å². The molecular weight excluding hydrogens is 590 g/mol. The molecule has 0 bridgehead atoms. The summed E-state index contributed by atoms with van der Waals surface area (Å²) < 4.78 is 8.82. The van der Waals surface area contributed by atoms with Crippen LogP contribution in [0.25, 0.3) is 94.5 Å². The third-order valence-electron chi connectivity index (χ3n) is 9.10. The Morgan fingerprint density at radius 2 is 1.10 bits per heavy atom. The zero-order valence-electron chi connectivity index (χ0n) is 25.6. The van der Waals surface area contributed by atoms with Crippen molar-refractivity contribution in [3.8, 4) is 40.0 Å². The van der Waals surface area contributed by atoms with Crippen molar-refractivity contribution in [3.05, 3.63) is 152 Å². The molecule has 4 aromatic heterocycles. The van der Waals surface area contributed by atoms with E-state index in [0.717, 1.165) is 77.0 Å². The number of para-hydroxylation sites is 2. The molecule has 0 aliphatic carbocycles. The number of hydrogen-bond acceptors (Lipinski definition) is 5. The summed E-state index contributed by atoms with van der Waals surface area (Å²) >= 11 is 0. The minimum Gasteiger partial charge on any atom is -0.455 e. The van der Waals surface area contributed by atoms with Gasteiger partial charge in [-0.2, -0.15) is 0 Å². The lowest BCUT2D eigenvalue weighted by molar-refractivity contribution is 0.673. The van der Waals surface area contributed by atoms with Crippen LogP contribution in [0.15, 0.2) is 156 Å². The van der Waals surface area contributed by atoms with Crippen molar-refractivity contribution in [3.63, 3.8) is 0 Å². The predicted molar refractivity (Wildman–Crippen MR) is 193 cm³/mol. The van der Waals surface area contributed by atoms with Gasteiger partial charge in [-0.05, 0) is 41.8 Å². The minimum absolute atomic E-state index is 0.553. The highest BCUT2D eigenvalue weighted by atomic mass is 16.3. The summed E-state index contributed by atoms with van der Waals surface area (Å²) in [5.41, 5.74) is 6.47. The van der Waals surface area contributed by atoms with Gasteiger partial charge in [-0.3, -0.25) is 4.57 Å². The monoisotopic (exact) mass is 615 g/mol. The lowest BCUT2D eigenvalue weighted by atomic mass is 10.0. The Morgan fingerprint density at radius 1 is 0.458 bits per heavy atom. The molecule has 0 amide bonds. The van der Waals surface area contributed by atoms with Crippen molar-refractivity contribution in [1.29, 1.82) is 0 Å². The summed E-state index contributed by atoms with van der Waals surface area (Å²) in [4.78, 5) is 20.0. The van der Waals surface area contributed by atoms with Gasteiger partial charge in [0.2, 0.25) is 0 Å². The lowest BCUT2D eigenvalue weighted by Gasteiger charge is -2.13. The third kappa shape index (κ3) is 3.99. The first-order valence-electron chi connectivity index (χ1n) is 15.9. The Balaban J connectivity index is 1.29. The number of fused-ring (bicyclic) bond motifs is 9. The molecule has 0 saturated carbocycles. The lowest BCUT2D eigenvalue weighted by Crippen LogP contribution is -2.05. The van der Waals surface area contributed by atoms with Crippen molar-refractivity contribution in [1.82, 2.24) is 24.5 Å². The average molecular weight is 616 g/mol. The van der Waals surface area contributed by atoms with Crippen LogP contribution in [0.4, 0.5) is 0 Å². The number of rotatable bonds is 4. The van der Waals surface area contributed by atoms with Crippen LogP contribution in [0, 0.1) is 0 Å². The van der Waals surface area contributed by atoms with E-state index < -0.39 is 0 Å². The normalized spacial score (nSPS) is 11.8. The second-order valence-corrected chi connectivity index (χ2v) is 11.9. The van der Waals surface area contributed by atoms with E-state index in [1.807, 2.05) is 91.1 Å². The Hall–Kier alpha value is -6.66. The summed E-state index contributed by atoms with van der Waals surface area (Å²) in [5, 5.41) is 6.67. The van der Waals surface area contributed by atoms with Crippen LogP contribution < -0.4 is 0 Å². The molecule has 48 heavy (non-hydrogen) atoms.